The first-order chi connectivity index (χ1) is 18.5. The van der Waals surface area contributed by atoms with E-state index in [1.165, 1.54) is 24.8 Å². The van der Waals surface area contributed by atoms with Crippen LogP contribution in [0.3, 0.4) is 0 Å². The number of aryl methyl sites for hydroxylation is 3. The third kappa shape index (κ3) is 5.37. The van der Waals surface area contributed by atoms with Gasteiger partial charge in [0.05, 0.1) is 26.2 Å². The molecule has 0 saturated heterocycles. The van der Waals surface area contributed by atoms with Crippen molar-refractivity contribution in [3.05, 3.63) is 76.5 Å². The number of rotatable bonds is 9. The van der Waals surface area contributed by atoms with Crippen LogP contribution in [0.5, 0.6) is 5.75 Å². The highest BCUT2D eigenvalue weighted by Crippen LogP contribution is 2.32. The molecule has 5 rings (SSSR count). The lowest BCUT2D eigenvalue weighted by molar-refractivity contribution is -0.144. The van der Waals surface area contributed by atoms with Crippen molar-refractivity contribution in [2.75, 3.05) is 32.1 Å². The van der Waals surface area contributed by atoms with Crippen molar-refractivity contribution in [3.63, 3.8) is 0 Å². The molecular formula is C29H33FN4O4. The molecule has 1 amide bonds. The third-order valence-electron chi connectivity index (χ3n) is 7.24. The summed E-state index contributed by atoms with van der Waals surface area (Å²) in [5.41, 5.74) is 4.43. The second-order valence-electron chi connectivity index (χ2n) is 9.69. The van der Waals surface area contributed by atoms with E-state index in [0.717, 1.165) is 49.3 Å². The first-order valence-electron chi connectivity index (χ1n) is 13.2. The number of halogens is 1. The van der Waals surface area contributed by atoms with E-state index in [4.69, 9.17) is 14.5 Å². The number of hydrogen-bond donors (Lipinski definition) is 1. The first-order valence-corrected chi connectivity index (χ1v) is 13.2. The second kappa shape index (κ2) is 11.2. The molecule has 200 valence electrons. The van der Waals surface area contributed by atoms with E-state index in [9.17, 15) is 14.0 Å². The summed E-state index contributed by atoms with van der Waals surface area (Å²) in [5.74, 6) is -0.0750. The zero-order valence-corrected chi connectivity index (χ0v) is 21.8. The van der Waals surface area contributed by atoms with Gasteiger partial charge in [-0.15, -0.1) is 0 Å². The van der Waals surface area contributed by atoms with Crippen LogP contribution in [0.15, 0.2) is 42.6 Å². The Bertz CT molecular complexity index is 1340. The Balaban J connectivity index is 1.34. The van der Waals surface area contributed by atoms with Crippen LogP contribution in [-0.2, 0) is 35.3 Å². The van der Waals surface area contributed by atoms with Crippen LogP contribution in [0.2, 0.25) is 0 Å². The highest BCUT2D eigenvalue weighted by Gasteiger charge is 2.33. The van der Waals surface area contributed by atoms with Gasteiger partial charge in [-0.3, -0.25) is 9.59 Å². The highest BCUT2D eigenvalue weighted by molar-refractivity contribution is 5.94. The van der Waals surface area contributed by atoms with Gasteiger partial charge in [-0.2, -0.15) is 0 Å². The van der Waals surface area contributed by atoms with Crippen molar-refractivity contribution in [2.24, 2.45) is 0 Å². The second-order valence-corrected chi connectivity index (χ2v) is 9.69. The van der Waals surface area contributed by atoms with E-state index in [0.29, 0.717) is 24.3 Å². The lowest BCUT2D eigenvalue weighted by atomic mass is 10.00. The zero-order chi connectivity index (χ0) is 26.6. The summed E-state index contributed by atoms with van der Waals surface area (Å²) in [6, 6.07) is 10.0. The van der Waals surface area contributed by atoms with Crippen molar-refractivity contribution in [2.45, 2.75) is 51.6 Å². The minimum Gasteiger partial charge on any atom is -0.494 e. The number of pyridine rings is 1. The van der Waals surface area contributed by atoms with Gasteiger partial charge in [-0.1, -0.05) is 12.1 Å². The Morgan fingerprint density at radius 2 is 2.05 bits per heavy atom. The van der Waals surface area contributed by atoms with Crippen molar-refractivity contribution in [1.29, 1.82) is 0 Å². The summed E-state index contributed by atoms with van der Waals surface area (Å²) in [6.45, 7) is 3.90. The minimum absolute atomic E-state index is 0.0586. The number of nitrogens with one attached hydrogen (secondary N) is 1. The lowest BCUT2D eigenvalue weighted by Crippen LogP contribution is -2.43. The van der Waals surface area contributed by atoms with Gasteiger partial charge in [-0.25, -0.2) is 9.37 Å². The van der Waals surface area contributed by atoms with Crippen LogP contribution in [0.25, 0.3) is 0 Å². The molecule has 2 aliphatic rings. The van der Waals surface area contributed by atoms with Crippen LogP contribution < -0.4 is 10.1 Å². The molecule has 0 aliphatic carbocycles. The van der Waals surface area contributed by atoms with Gasteiger partial charge in [0.2, 0.25) is 0 Å². The Morgan fingerprint density at radius 1 is 1.18 bits per heavy atom. The zero-order valence-electron chi connectivity index (χ0n) is 21.8. The number of carbonyl (C=O) groups excluding carboxylic acids is 2. The monoisotopic (exact) mass is 520 g/mol. The summed E-state index contributed by atoms with van der Waals surface area (Å²) in [7, 11) is 1.40. The molecule has 9 heteroatoms. The van der Waals surface area contributed by atoms with Gasteiger partial charge in [0.25, 0.3) is 5.91 Å². The number of carbonyl (C=O) groups is 2. The first kappa shape index (κ1) is 25.8. The standard InChI is InChI=1S/C29H33FN4O4/c1-3-38-27(35)17-24(21-8-11-26(37-2)23(30)16-21)34-14-13-33-18-19(15-25(33)29(34)36)6-9-22-10-7-20-5-4-12-31-28(20)32-22/h7-8,10-11,15-16,18,24H,3-6,9,12-14,17H2,1-2H3,(H,31,32)/t24-/m0/s1. The number of esters is 1. The van der Waals surface area contributed by atoms with Crippen molar-refractivity contribution in [3.8, 4) is 5.75 Å². The number of benzene rings is 1. The molecule has 0 fully saturated rings. The molecular weight excluding hydrogens is 487 g/mol. The van der Waals surface area contributed by atoms with Crippen LogP contribution in [-0.4, -0.2) is 53.1 Å². The van der Waals surface area contributed by atoms with Crippen LogP contribution in [0.4, 0.5) is 10.2 Å². The van der Waals surface area contributed by atoms with Crippen molar-refractivity contribution in [1.82, 2.24) is 14.5 Å². The average molecular weight is 521 g/mol. The fourth-order valence-corrected chi connectivity index (χ4v) is 5.29. The summed E-state index contributed by atoms with van der Waals surface area (Å²) in [4.78, 5) is 32.5. The molecule has 0 unspecified atom stereocenters. The molecule has 4 heterocycles. The van der Waals surface area contributed by atoms with Gasteiger partial charge < -0.3 is 24.3 Å². The smallest absolute Gasteiger partial charge is 0.308 e. The largest absolute Gasteiger partial charge is 0.494 e. The van der Waals surface area contributed by atoms with Gasteiger partial charge in [-0.05, 0) is 73.6 Å². The maximum atomic E-state index is 14.6. The molecule has 0 radical (unpaired) electrons. The molecule has 1 N–H and O–H groups in total. The van der Waals surface area contributed by atoms with Gasteiger partial charge in [0.1, 0.15) is 11.5 Å². The van der Waals surface area contributed by atoms with E-state index in [1.807, 2.05) is 16.8 Å². The van der Waals surface area contributed by atoms with Crippen LogP contribution in [0.1, 0.15) is 58.7 Å². The number of anilines is 1. The summed E-state index contributed by atoms with van der Waals surface area (Å²) in [6.07, 6.45) is 5.68. The summed E-state index contributed by atoms with van der Waals surface area (Å²) >= 11 is 0. The summed E-state index contributed by atoms with van der Waals surface area (Å²) in [5, 5.41) is 3.38. The molecule has 1 atom stereocenters. The van der Waals surface area contributed by atoms with E-state index in [2.05, 4.69) is 17.4 Å². The SMILES string of the molecule is CCOC(=O)C[C@@H](c1ccc(OC)c(F)c1)N1CCn2cc(CCc3ccc4c(n3)NCCC4)cc2C1=O. The number of amides is 1. The van der Waals surface area contributed by atoms with Crippen LogP contribution >= 0.6 is 0 Å². The Kier molecular flexibility index (Phi) is 7.62. The normalized spacial score (nSPS) is 15.3. The van der Waals surface area contributed by atoms with E-state index < -0.39 is 17.8 Å². The Hall–Kier alpha value is -3.88. The average Bonchev–Trinajstić information content (AvgIpc) is 3.35. The number of ether oxygens (including phenoxy) is 2. The maximum absolute atomic E-state index is 14.6. The molecule has 1 aromatic carbocycles. The van der Waals surface area contributed by atoms with Gasteiger partial charge in [0, 0.05) is 31.5 Å². The Labute approximate surface area is 221 Å². The predicted octanol–water partition coefficient (Wildman–Crippen LogP) is 4.32. The maximum Gasteiger partial charge on any atom is 0.308 e. The minimum atomic E-state index is -0.652. The fraction of sp³-hybridized carbons (Fsp3) is 0.414. The molecule has 3 aromatic rings. The van der Waals surface area contributed by atoms with Crippen LogP contribution in [0, 0.1) is 5.82 Å². The predicted molar refractivity (Wildman–Crippen MR) is 141 cm³/mol. The molecule has 38 heavy (non-hydrogen) atoms. The van der Waals surface area contributed by atoms with E-state index >= 15 is 0 Å². The van der Waals surface area contributed by atoms with Crippen molar-refractivity contribution >= 4 is 17.7 Å². The number of methoxy groups -OCH3 is 1. The van der Waals surface area contributed by atoms with E-state index in [-0.39, 0.29) is 24.7 Å². The molecule has 2 aliphatic heterocycles. The quantitative estimate of drug-likeness (QED) is 0.423. The summed E-state index contributed by atoms with van der Waals surface area (Å²) < 4.78 is 26.7. The molecule has 2 aromatic heterocycles. The third-order valence-corrected chi connectivity index (χ3v) is 7.24. The van der Waals surface area contributed by atoms with Crippen molar-refractivity contribution < 1.29 is 23.5 Å². The molecule has 0 bridgehead atoms. The topological polar surface area (TPSA) is 85.7 Å². The van der Waals surface area contributed by atoms with Gasteiger partial charge in [0.15, 0.2) is 11.6 Å². The Morgan fingerprint density at radius 3 is 2.84 bits per heavy atom. The fourth-order valence-electron chi connectivity index (χ4n) is 5.29. The molecule has 8 nitrogen and oxygen atoms in total. The highest BCUT2D eigenvalue weighted by atomic mass is 19.1. The number of hydrogen-bond acceptors (Lipinski definition) is 6. The molecule has 0 spiro atoms. The number of fused-ring (bicyclic) bond motifs is 2. The van der Waals surface area contributed by atoms with Gasteiger partial charge >= 0.3 is 5.97 Å². The number of nitrogens with zero attached hydrogens (tertiary/aromatic N) is 3. The number of aromatic nitrogens is 2. The lowest BCUT2D eigenvalue weighted by Gasteiger charge is -2.35. The molecule has 0 saturated carbocycles. The van der Waals surface area contributed by atoms with E-state index in [1.54, 1.807) is 17.9 Å².